The van der Waals surface area contributed by atoms with Crippen LogP contribution in [0.25, 0.3) is 0 Å². The molecule has 0 spiro atoms. The van der Waals surface area contributed by atoms with Gasteiger partial charge in [0.2, 0.25) is 5.75 Å². The molecular formula is C32H54O4S. The highest BCUT2D eigenvalue weighted by molar-refractivity contribution is 7.92. The predicted octanol–water partition coefficient (Wildman–Crippen LogP) is 7.64. The van der Waals surface area contributed by atoms with Crippen LogP contribution >= 0.6 is 0 Å². The molecule has 1 N–H and O–H groups in total. The predicted molar refractivity (Wildman–Crippen MR) is 153 cm³/mol. The number of hydrogen-bond donors (Lipinski definition) is 1. The molecule has 0 aromatic heterocycles. The lowest BCUT2D eigenvalue weighted by molar-refractivity contribution is -0.134. The van der Waals surface area contributed by atoms with E-state index in [0.29, 0.717) is 29.6 Å². The Labute approximate surface area is 230 Å². The number of allylic oxidation sites excluding steroid dienone is 1. The van der Waals surface area contributed by atoms with Crippen molar-refractivity contribution in [3.63, 3.8) is 0 Å². The monoisotopic (exact) mass is 534 g/mol. The van der Waals surface area contributed by atoms with Crippen molar-refractivity contribution in [1.82, 2.24) is 0 Å². The summed E-state index contributed by atoms with van der Waals surface area (Å²) in [6, 6.07) is 0. The SMILES string of the molecule is CC(C)CCC[C@@H](C)C1CCC2C3CC=C4C[C@@H](OCCC[S+]([O-])CC(=O)O)CC[C@]4(C)C3CC[C@@]21C. The number of hydrogen-bond acceptors (Lipinski definition) is 3. The van der Waals surface area contributed by atoms with Crippen molar-refractivity contribution in [1.29, 1.82) is 0 Å². The van der Waals surface area contributed by atoms with Crippen molar-refractivity contribution in [2.24, 2.45) is 46.3 Å². The molecule has 0 radical (unpaired) electrons. The van der Waals surface area contributed by atoms with Crippen LogP contribution in [-0.2, 0) is 20.7 Å². The van der Waals surface area contributed by atoms with Crippen molar-refractivity contribution < 1.29 is 19.2 Å². The molecule has 37 heavy (non-hydrogen) atoms. The zero-order valence-electron chi connectivity index (χ0n) is 24.3. The van der Waals surface area contributed by atoms with Gasteiger partial charge < -0.3 is 14.4 Å². The third-order valence-corrected chi connectivity index (χ3v) is 12.7. The van der Waals surface area contributed by atoms with E-state index in [-0.39, 0.29) is 11.9 Å². The smallest absolute Gasteiger partial charge is 0.353 e. The Bertz CT molecular complexity index is 811. The fourth-order valence-electron chi connectivity index (χ4n) is 9.47. The van der Waals surface area contributed by atoms with Gasteiger partial charge in [-0.25, -0.2) is 4.79 Å². The molecule has 0 heterocycles. The van der Waals surface area contributed by atoms with Gasteiger partial charge in [0.05, 0.1) is 12.7 Å². The molecular weight excluding hydrogens is 480 g/mol. The number of carboxylic acid groups (broad SMARTS) is 1. The van der Waals surface area contributed by atoms with Gasteiger partial charge in [0.1, 0.15) is 5.75 Å². The third kappa shape index (κ3) is 6.46. The van der Waals surface area contributed by atoms with E-state index in [1.165, 1.54) is 57.8 Å². The summed E-state index contributed by atoms with van der Waals surface area (Å²) >= 11 is -1.28. The van der Waals surface area contributed by atoms with Gasteiger partial charge in [0.15, 0.2) is 0 Å². The fraction of sp³-hybridized carbons (Fsp3) is 0.906. The Morgan fingerprint density at radius 2 is 1.89 bits per heavy atom. The van der Waals surface area contributed by atoms with Crippen LogP contribution in [0.5, 0.6) is 0 Å². The summed E-state index contributed by atoms with van der Waals surface area (Å²) in [4.78, 5) is 10.7. The Morgan fingerprint density at radius 1 is 1.11 bits per heavy atom. The first-order chi connectivity index (χ1) is 17.5. The lowest BCUT2D eigenvalue weighted by atomic mass is 9.47. The van der Waals surface area contributed by atoms with E-state index in [9.17, 15) is 9.35 Å². The molecule has 0 amide bonds. The van der Waals surface area contributed by atoms with E-state index < -0.39 is 17.1 Å². The van der Waals surface area contributed by atoms with Crippen LogP contribution in [0.2, 0.25) is 0 Å². The molecule has 0 aromatic carbocycles. The lowest BCUT2D eigenvalue weighted by Gasteiger charge is -2.58. The Kier molecular flexibility index (Phi) is 9.82. The van der Waals surface area contributed by atoms with Crippen molar-refractivity contribution in [3.8, 4) is 0 Å². The summed E-state index contributed by atoms with van der Waals surface area (Å²) in [7, 11) is 0. The summed E-state index contributed by atoms with van der Waals surface area (Å²) in [6.07, 6.45) is 18.2. The maximum Gasteiger partial charge on any atom is 0.353 e. The van der Waals surface area contributed by atoms with Gasteiger partial charge in [-0.05, 0) is 109 Å². The molecule has 5 unspecified atom stereocenters. The Balaban J connectivity index is 1.32. The maximum atomic E-state index is 11.8. The molecule has 4 nitrogen and oxygen atoms in total. The van der Waals surface area contributed by atoms with Gasteiger partial charge in [-0.2, -0.15) is 0 Å². The largest absolute Gasteiger partial charge is 0.616 e. The maximum absolute atomic E-state index is 11.8. The van der Waals surface area contributed by atoms with Crippen LogP contribution in [0.3, 0.4) is 0 Å². The highest BCUT2D eigenvalue weighted by Crippen LogP contribution is 2.67. The second-order valence-corrected chi connectivity index (χ2v) is 15.6. The van der Waals surface area contributed by atoms with Gasteiger partial charge in [0.25, 0.3) is 0 Å². The van der Waals surface area contributed by atoms with Gasteiger partial charge in [-0.3, -0.25) is 0 Å². The minimum atomic E-state index is -1.28. The van der Waals surface area contributed by atoms with Crippen LogP contribution in [0.4, 0.5) is 0 Å². The first kappa shape index (κ1) is 29.5. The number of ether oxygens (including phenoxy) is 1. The average Bonchev–Trinajstić information content (AvgIpc) is 3.18. The summed E-state index contributed by atoms with van der Waals surface area (Å²) in [5.41, 5.74) is 2.54. The van der Waals surface area contributed by atoms with Crippen LogP contribution < -0.4 is 0 Å². The molecule has 3 saturated carbocycles. The minimum Gasteiger partial charge on any atom is -0.616 e. The third-order valence-electron chi connectivity index (χ3n) is 11.4. The van der Waals surface area contributed by atoms with Crippen molar-refractivity contribution in [3.05, 3.63) is 11.6 Å². The van der Waals surface area contributed by atoms with Crippen molar-refractivity contribution >= 4 is 17.1 Å². The number of fused-ring (bicyclic) bond motifs is 5. The van der Waals surface area contributed by atoms with Gasteiger partial charge in [0, 0.05) is 6.42 Å². The molecule has 5 heteroatoms. The van der Waals surface area contributed by atoms with E-state index in [2.05, 4.69) is 40.7 Å². The Hall–Kier alpha value is -0.520. The second kappa shape index (κ2) is 12.3. The van der Waals surface area contributed by atoms with Gasteiger partial charge in [-0.15, -0.1) is 0 Å². The van der Waals surface area contributed by atoms with E-state index in [1.54, 1.807) is 5.57 Å². The molecule has 0 bridgehead atoms. The average molecular weight is 535 g/mol. The zero-order valence-corrected chi connectivity index (χ0v) is 25.1. The molecule has 4 aliphatic carbocycles. The highest BCUT2D eigenvalue weighted by atomic mass is 32.2. The van der Waals surface area contributed by atoms with Crippen molar-refractivity contribution in [2.75, 3.05) is 18.1 Å². The molecule has 4 rings (SSSR count). The molecule has 212 valence electrons. The van der Waals surface area contributed by atoms with E-state index in [4.69, 9.17) is 9.84 Å². The Morgan fingerprint density at radius 3 is 2.62 bits per heavy atom. The lowest BCUT2D eigenvalue weighted by Crippen LogP contribution is -2.51. The molecule has 4 aliphatic rings. The summed E-state index contributed by atoms with van der Waals surface area (Å²) in [5.74, 6) is 4.38. The topological polar surface area (TPSA) is 69.6 Å². The quantitative estimate of drug-likeness (QED) is 0.159. The molecule has 0 saturated heterocycles. The fourth-order valence-corrected chi connectivity index (χ4v) is 10.3. The molecule has 3 fully saturated rings. The number of aliphatic carboxylic acids is 1. The number of carbonyl (C=O) groups is 1. The van der Waals surface area contributed by atoms with Gasteiger partial charge >= 0.3 is 5.97 Å². The number of rotatable bonds is 12. The molecule has 0 aromatic rings. The van der Waals surface area contributed by atoms with Gasteiger partial charge in [-0.1, -0.05) is 65.5 Å². The van der Waals surface area contributed by atoms with Crippen LogP contribution in [0.15, 0.2) is 11.6 Å². The van der Waals surface area contributed by atoms with E-state index >= 15 is 0 Å². The molecule has 0 aliphatic heterocycles. The molecule has 9 atom stereocenters. The first-order valence-corrected chi connectivity index (χ1v) is 16.9. The normalized spacial score (nSPS) is 38.9. The standard InChI is InChI=1S/C32H54O4S/c1-22(2)8-6-9-23(3)27-12-13-28-26-11-10-24-20-25(36-18-7-19-37(35)21-30(33)34)14-16-31(24,4)29(26)15-17-32(27,28)5/h10,22-23,25-29H,6-9,11-21H2,1-5H3,(H,33,34)/t23-,25+,26?,27?,28?,29?,31+,32-,37?/m1/s1. The second-order valence-electron chi connectivity index (χ2n) is 14.1. The van der Waals surface area contributed by atoms with E-state index in [1.807, 2.05) is 0 Å². The summed E-state index contributed by atoms with van der Waals surface area (Å²) < 4.78 is 18.0. The first-order valence-electron chi connectivity index (χ1n) is 15.4. The highest BCUT2D eigenvalue weighted by Gasteiger charge is 2.59. The summed E-state index contributed by atoms with van der Waals surface area (Å²) in [6.45, 7) is 13.1. The minimum absolute atomic E-state index is 0.255. The van der Waals surface area contributed by atoms with Crippen LogP contribution in [0.1, 0.15) is 112 Å². The number of carboxylic acids is 1. The van der Waals surface area contributed by atoms with Crippen molar-refractivity contribution in [2.45, 2.75) is 118 Å². The summed E-state index contributed by atoms with van der Waals surface area (Å²) in [5, 5.41) is 8.78. The van der Waals surface area contributed by atoms with Crippen LogP contribution in [-0.4, -0.2) is 39.8 Å². The van der Waals surface area contributed by atoms with E-state index in [0.717, 1.165) is 48.3 Å². The van der Waals surface area contributed by atoms with Crippen LogP contribution in [0, 0.1) is 46.3 Å². The zero-order chi connectivity index (χ0) is 26.8.